The number of aryl methyl sites for hydroxylation is 1. The number of anilines is 2. The van der Waals surface area contributed by atoms with Gasteiger partial charge in [-0.3, -0.25) is 14.5 Å². The van der Waals surface area contributed by atoms with Gasteiger partial charge in [0, 0.05) is 25.4 Å². The summed E-state index contributed by atoms with van der Waals surface area (Å²) in [5.41, 5.74) is 1.68. The normalized spacial score (nSPS) is 10.8. The number of ether oxygens (including phenoxy) is 1. The van der Waals surface area contributed by atoms with E-state index in [2.05, 4.69) is 4.98 Å². The van der Waals surface area contributed by atoms with Crippen LogP contribution < -0.4 is 15.2 Å². The Balaban J connectivity index is 1.88. The van der Waals surface area contributed by atoms with Crippen molar-refractivity contribution in [1.82, 2.24) is 9.55 Å². The summed E-state index contributed by atoms with van der Waals surface area (Å²) in [5, 5.41) is 0.549. The topological polar surface area (TPSA) is 64.4 Å². The fourth-order valence-corrected chi connectivity index (χ4v) is 3.85. The molecule has 0 unspecified atom stereocenters. The maximum absolute atomic E-state index is 13.4. The van der Waals surface area contributed by atoms with Gasteiger partial charge >= 0.3 is 0 Å². The number of benzene rings is 2. The van der Waals surface area contributed by atoms with Crippen LogP contribution in [0.4, 0.5) is 10.8 Å². The first-order chi connectivity index (χ1) is 13.6. The van der Waals surface area contributed by atoms with Crippen molar-refractivity contribution < 1.29 is 9.53 Å². The van der Waals surface area contributed by atoms with E-state index < -0.39 is 0 Å². The van der Waals surface area contributed by atoms with Crippen molar-refractivity contribution in [1.29, 1.82) is 0 Å². The van der Waals surface area contributed by atoms with Crippen LogP contribution in [-0.2, 0) is 7.05 Å². The molecule has 0 N–H and O–H groups in total. The van der Waals surface area contributed by atoms with E-state index >= 15 is 0 Å². The highest BCUT2D eigenvalue weighted by Gasteiger charge is 2.24. The minimum absolute atomic E-state index is 0.176. The molecule has 2 aromatic carbocycles. The highest BCUT2D eigenvalue weighted by atomic mass is 32.1. The first-order valence-corrected chi connectivity index (χ1v) is 9.39. The molecule has 140 valence electrons. The van der Waals surface area contributed by atoms with Gasteiger partial charge in [0.25, 0.3) is 5.91 Å². The highest BCUT2D eigenvalue weighted by Crippen LogP contribution is 2.35. The molecule has 2 aromatic heterocycles. The molecule has 0 aliphatic heterocycles. The molecule has 0 fully saturated rings. The Morgan fingerprint density at radius 1 is 1.11 bits per heavy atom. The maximum atomic E-state index is 13.4. The summed E-state index contributed by atoms with van der Waals surface area (Å²) >= 11 is 1.43. The van der Waals surface area contributed by atoms with Gasteiger partial charge in [-0.05, 0) is 30.3 Å². The minimum Gasteiger partial charge on any atom is -0.497 e. The van der Waals surface area contributed by atoms with Crippen LogP contribution in [0.5, 0.6) is 5.75 Å². The van der Waals surface area contributed by atoms with Crippen LogP contribution in [0.25, 0.3) is 10.2 Å². The molecule has 0 saturated carbocycles. The zero-order chi connectivity index (χ0) is 19.7. The van der Waals surface area contributed by atoms with Gasteiger partial charge in [-0.2, -0.15) is 0 Å². The number of nitrogens with zero attached hydrogens (tertiary/aromatic N) is 3. The second kappa shape index (κ2) is 7.28. The van der Waals surface area contributed by atoms with Gasteiger partial charge in [0.15, 0.2) is 5.13 Å². The summed E-state index contributed by atoms with van der Waals surface area (Å²) in [6.07, 6.45) is 1.53. The number of hydrogen-bond acceptors (Lipinski definition) is 5. The first kappa shape index (κ1) is 17.9. The maximum Gasteiger partial charge on any atom is 0.266 e. The zero-order valence-electron chi connectivity index (χ0n) is 15.3. The van der Waals surface area contributed by atoms with E-state index in [1.54, 1.807) is 25.1 Å². The largest absolute Gasteiger partial charge is 0.497 e. The SMILES string of the molecule is COc1cccc(N(C(=O)c2ccc(=O)n(C)c2)c2nc3ccccc3s2)c1. The van der Waals surface area contributed by atoms with Crippen LogP contribution in [0.1, 0.15) is 10.4 Å². The van der Waals surface area contributed by atoms with Crippen LogP contribution in [0.2, 0.25) is 0 Å². The van der Waals surface area contributed by atoms with E-state index in [1.807, 2.05) is 42.5 Å². The summed E-state index contributed by atoms with van der Waals surface area (Å²) in [5.74, 6) is 0.361. The Labute approximate surface area is 165 Å². The van der Waals surface area contributed by atoms with Crippen molar-refractivity contribution in [2.45, 2.75) is 0 Å². The van der Waals surface area contributed by atoms with Gasteiger partial charge in [0.2, 0.25) is 5.56 Å². The predicted molar refractivity (Wildman–Crippen MR) is 111 cm³/mol. The molecule has 4 aromatic rings. The summed E-state index contributed by atoms with van der Waals surface area (Å²) in [6.45, 7) is 0. The summed E-state index contributed by atoms with van der Waals surface area (Å²) in [4.78, 5) is 31.3. The Morgan fingerprint density at radius 3 is 2.68 bits per heavy atom. The molecule has 7 heteroatoms. The number of carbonyl (C=O) groups excluding carboxylic acids is 1. The number of aromatic nitrogens is 2. The summed E-state index contributed by atoms with van der Waals surface area (Å²) in [6, 6.07) is 17.9. The third-order valence-electron chi connectivity index (χ3n) is 4.32. The lowest BCUT2D eigenvalue weighted by Crippen LogP contribution is -2.27. The minimum atomic E-state index is -0.275. The number of thiazole rings is 1. The van der Waals surface area contributed by atoms with E-state index in [1.165, 1.54) is 34.2 Å². The predicted octanol–water partition coefficient (Wildman–Crippen LogP) is 3.98. The van der Waals surface area contributed by atoms with Gasteiger partial charge < -0.3 is 9.30 Å². The zero-order valence-corrected chi connectivity index (χ0v) is 16.1. The fraction of sp³-hybridized carbons (Fsp3) is 0.0952. The Kier molecular flexibility index (Phi) is 4.67. The lowest BCUT2D eigenvalue weighted by atomic mass is 10.2. The first-order valence-electron chi connectivity index (χ1n) is 8.57. The third kappa shape index (κ3) is 3.27. The Morgan fingerprint density at radius 2 is 1.93 bits per heavy atom. The molecule has 0 aliphatic rings. The van der Waals surface area contributed by atoms with Crippen molar-refractivity contribution in [3.8, 4) is 5.75 Å². The number of amides is 1. The molecule has 0 radical (unpaired) electrons. The van der Waals surface area contributed by atoms with Crippen molar-refractivity contribution >= 4 is 38.3 Å². The molecule has 0 aliphatic carbocycles. The molecule has 6 nitrogen and oxygen atoms in total. The molecule has 2 heterocycles. The summed E-state index contributed by atoms with van der Waals surface area (Å²) < 4.78 is 7.69. The Hall–Kier alpha value is -3.45. The van der Waals surface area contributed by atoms with Gasteiger partial charge in [0.1, 0.15) is 5.75 Å². The van der Waals surface area contributed by atoms with E-state index in [-0.39, 0.29) is 11.5 Å². The van der Waals surface area contributed by atoms with E-state index in [0.29, 0.717) is 22.1 Å². The number of methoxy groups -OCH3 is 1. The number of pyridine rings is 1. The van der Waals surface area contributed by atoms with Crippen LogP contribution in [0, 0.1) is 0 Å². The highest BCUT2D eigenvalue weighted by molar-refractivity contribution is 7.22. The standard InChI is InChI=1S/C21H17N3O3S/c1-23-13-14(10-11-19(23)25)20(26)24(15-6-5-7-16(12-15)27-2)21-22-17-8-3-4-9-18(17)28-21/h3-13H,1-2H3. The van der Waals surface area contributed by atoms with Gasteiger partial charge in [0.05, 0.1) is 28.6 Å². The van der Waals surface area contributed by atoms with Crippen LogP contribution in [0.3, 0.4) is 0 Å². The van der Waals surface area contributed by atoms with E-state index in [0.717, 1.165) is 10.2 Å². The molecule has 4 rings (SSSR count). The van der Waals surface area contributed by atoms with Gasteiger partial charge in [-0.25, -0.2) is 4.98 Å². The molecule has 1 amide bonds. The second-order valence-electron chi connectivity index (χ2n) is 6.17. The smallest absolute Gasteiger partial charge is 0.266 e. The Bertz CT molecular complexity index is 1200. The van der Waals surface area contributed by atoms with Crippen LogP contribution >= 0.6 is 11.3 Å². The number of fused-ring (bicyclic) bond motifs is 1. The van der Waals surface area contributed by atoms with E-state index in [4.69, 9.17) is 4.74 Å². The van der Waals surface area contributed by atoms with Crippen molar-refractivity contribution in [3.63, 3.8) is 0 Å². The van der Waals surface area contributed by atoms with Gasteiger partial charge in [-0.15, -0.1) is 0 Å². The fourth-order valence-electron chi connectivity index (χ4n) is 2.87. The van der Waals surface area contributed by atoms with Gasteiger partial charge in [-0.1, -0.05) is 29.5 Å². The second-order valence-corrected chi connectivity index (χ2v) is 7.18. The number of carbonyl (C=O) groups is 1. The average molecular weight is 391 g/mol. The number of rotatable bonds is 4. The molecule has 0 spiro atoms. The molecule has 28 heavy (non-hydrogen) atoms. The number of hydrogen-bond donors (Lipinski definition) is 0. The molecular formula is C21H17N3O3S. The molecule has 0 saturated heterocycles. The quantitative estimate of drug-likeness (QED) is 0.528. The monoisotopic (exact) mass is 391 g/mol. The third-order valence-corrected chi connectivity index (χ3v) is 5.34. The molecular weight excluding hydrogens is 374 g/mol. The molecule has 0 atom stereocenters. The lowest BCUT2D eigenvalue weighted by Gasteiger charge is -2.20. The lowest BCUT2D eigenvalue weighted by molar-refractivity contribution is 0.0998. The van der Waals surface area contributed by atoms with Crippen LogP contribution in [0.15, 0.2) is 71.7 Å². The van der Waals surface area contributed by atoms with E-state index in [9.17, 15) is 9.59 Å². The van der Waals surface area contributed by atoms with Crippen LogP contribution in [-0.4, -0.2) is 22.6 Å². The average Bonchev–Trinajstić information content (AvgIpc) is 3.13. The van der Waals surface area contributed by atoms with Crippen molar-refractivity contribution in [3.05, 3.63) is 82.8 Å². The van der Waals surface area contributed by atoms with Crippen molar-refractivity contribution in [2.75, 3.05) is 12.0 Å². The summed E-state index contributed by atoms with van der Waals surface area (Å²) in [7, 11) is 3.20. The van der Waals surface area contributed by atoms with Crippen molar-refractivity contribution in [2.24, 2.45) is 7.05 Å². The molecule has 0 bridgehead atoms. The number of para-hydroxylation sites is 1.